The van der Waals surface area contributed by atoms with Gasteiger partial charge in [0, 0.05) is 10.4 Å². The van der Waals surface area contributed by atoms with Gasteiger partial charge in [-0.3, -0.25) is 0 Å². The number of ether oxygens (including phenoxy) is 1. The Balaban J connectivity index is 2.43. The Morgan fingerprint density at radius 3 is 2.44 bits per heavy atom. The molecule has 0 radical (unpaired) electrons. The summed E-state index contributed by atoms with van der Waals surface area (Å²) in [7, 11) is 0. The van der Waals surface area contributed by atoms with Gasteiger partial charge in [-0.1, -0.05) is 23.7 Å². The molecule has 4 heteroatoms. The maximum atomic E-state index is 11.3. The molecule has 0 spiro atoms. The van der Waals surface area contributed by atoms with Crippen LogP contribution >= 0.6 is 11.6 Å². The fourth-order valence-electron chi connectivity index (χ4n) is 1.82. The summed E-state index contributed by atoms with van der Waals surface area (Å²) in [6, 6.07) is 8.58. The van der Waals surface area contributed by atoms with E-state index in [1.807, 2.05) is 6.07 Å². The number of cyclic esters (lactones) is 2. The summed E-state index contributed by atoms with van der Waals surface area (Å²) in [5, 5.41) is 2.11. The van der Waals surface area contributed by atoms with Gasteiger partial charge in [-0.05, 0) is 23.6 Å². The third-order valence-electron chi connectivity index (χ3n) is 2.59. The minimum atomic E-state index is -0.609. The van der Waals surface area contributed by atoms with E-state index in [1.54, 1.807) is 24.3 Å². The van der Waals surface area contributed by atoms with Crippen molar-refractivity contribution in [2.75, 3.05) is 0 Å². The molecule has 3 rings (SSSR count). The Kier molecular flexibility index (Phi) is 1.79. The van der Waals surface area contributed by atoms with Crippen molar-refractivity contribution >= 4 is 34.3 Å². The molecule has 0 amide bonds. The second kappa shape index (κ2) is 3.06. The number of rotatable bonds is 0. The van der Waals surface area contributed by atoms with E-state index in [1.165, 1.54) is 0 Å². The third-order valence-corrected chi connectivity index (χ3v) is 2.92. The van der Waals surface area contributed by atoms with Crippen LogP contribution in [0.4, 0.5) is 0 Å². The van der Waals surface area contributed by atoms with Crippen LogP contribution in [0.2, 0.25) is 5.02 Å². The number of carbonyl (C=O) groups is 2. The first kappa shape index (κ1) is 9.36. The summed E-state index contributed by atoms with van der Waals surface area (Å²) in [4.78, 5) is 22.7. The van der Waals surface area contributed by atoms with Gasteiger partial charge in [0.25, 0.3) is 0 Å². The Labute approximate surface area is 95.6 Å². The predicted octanol–water partition coefficient (Wildman–Crippen LogP) is 2.80. The Hall–Kier alpha value is -1.87. The first-order valence-electron chi connectivity index (χ1n) is 4.65. The van der Waals surface area contributed by atoms with Crippen LogP contribution in [-0.4, -0.2) is 11.9 Å². The number of esters is 2. The maximum absolute atomic E-state index is 11.3. The third kappa shape index (κ3) is 1.15. The Bertz CT molecular complexity index is 646. The van der Waals surface area contributed by atoms with Gasteiger partial charge in [-0.15, -0.1) is 0 Å². The highest BCUT2D eigenvalue weighted by Gasteiger charge is 2.30. The summed E-state index contributed by atoms with van der Waals surface area (Å²) < 4.78 is 4.52. The summed E-state index contributed by atoms with van der Waals surface area (Å²) >= 11 is 6.01. The lowest BCUT2D eigenvalue weighted by molar-refractivity contribution is 0.0444. The average Bonchev–Trinajstić information content (AvgIpc) is 2.53. The van der Waals surface area contributed by atoms with Crippen molar-refractivity contribution in [3.8, 4) is 0 Å². The summed E-state index contributed by atoms with van der Waals surface area (Å²) in [5.74, 6) is -1.20. The van der Waals surface area contributed by atoms with E-state index in [9.17, 15) is 9.59 Å². The molecule has 0 fully saturated rings. The van der Waals surface area contributed by atoms with Crippen LogP contribution in [0.1, 0.15) is 20.7 Å². The second-order valence-electron chi connectivity index (χ2n) is 3.54. The highest BCUT2D eigenvalue weighted by atomic mass is 35.5. The first-order chi connectivity index (χ1) is 7.66. The fourth-order valence-corrected chi connectivity index (χ4v) is 2.06. The molecule has 2 aromatic carbocycles. The molecule has 3 nitrogen and oxygen atoms in total. The van der Waals surface area contributed by atoms with Crippen LogP contribution in [0.15, 0.2) is 30.3 Å². The molecule has 78 valence electrons. The van der Waals surface area contributed by atoms with Crippen LogP contribution in [0, 0.1) is 0 Å². The van der Waals surface area contributed by atoms with Gasteiger partial charge in [0.15, 0.2) is 0 Å². The van der Waals surface area contributed by atoms with Crippen molar-refractivity contribution in [3.05, 3.63) is 46.5 Å². The highest BCUT2D eigenvalue weighted by molar-refractivity contribution is 6.36. The molecule has 0 saturated heterocycles. The summed E-state index contributed by atoms with van der Waals surface area (Å²) in [6.07, 6.45) is 0. The lowest BCUT2D eigenvalue weighted by Gasteiger charge is -2.01. The predicted molar refractivity (Wildman–Crippen MR) is 58.7 cm³/mol. The fraction of sp³-hybridized carbons (Fsp3) is 0. The molecule has 0 saturated carbocycles. The van der Waals surface area contributed by atoms with Gasteiger partial charge < -0.3 is 4.74 Å². The minimum Gasteiger partial charge on any atom is -0.386 e. The van der Waals surface area contributed by atoms with E-state index in [0.29, 0.717) is 10.6 Å². The number of hydrogen-bond acceptors (Lipinski definition) is 3. The van der Waals surface area contributed by atoms with Crippen LogP contribution in [-0.2, 0) is 4.74 Å². The van der Waals surface area contributed by atoms with Crippen LogP contribution in [0.25, 0.3) is 10.8 Å². The van der Waals surface area contributed by atoms with Gasteiger partial charge in [-0.2, -0.15) is 0 Å². The van der Waals surface area contributed by atoms with Gasteiger partial charge in [0.1, 0.15) is 0 Å². The SMILES string of the molecule is O=C1OC(=O)c2cc3c(Cl)cccc3cc21. The normalized spacial score (nSPS) is 14.1. The molecule has 0 atom stereocenters. The zero-order valence-corrected chi connectivity index (χ0v) is 8.75. The summed E-state index contributed by atoms with van der Waals surface area (Å²) in [6.45, 7) is 0. The standard InChI is InChI=1S/C12H5ClO3/c13-10-3-1-2-6-4-8-9(5-7(6)10)12(15)16-11(8)14/h1-5H. The molecule has 1 aliphatic heterocycles. The second-order valence-corrected chi connectivity index (χ2v) is 3.94. The summed E-state index contributed by atoms with van der Waals surface area (Å²) in [5.41, 5.74) is 0.588. The molecule has 16 heavy (non-hydrogen) atoms. The van der Waals surface area contributed by atoms with Gasteiger partial charge in [-0.25, -0.2) is 9.59 Å². The topological polar surface area (TPSA) is 43.4 Å². The Morgan fingerprint density at radius 2 is 1.69 bits per heavy atom. The molecule has 0 aromatic heterocycles. The smallest absolute Gasteiger partial charge is 0.346 e. The van der Waals surface area contributed by atoms with E-state index in [0.717, 1.165) is 10.8 Å². The molecule has 2 aromatic rings. The molecule has 1 aliphatic rings. The van der Waals surface area contributed by atoms with Gasteiger partial charge in [0.2, 0.25) is 0 Å². The van der Waals surface area contributed by atoms with Crippen LogP contribution in [0.3, 0.4) is 0 Å². The number of benzene rings is 2. The number of hydrogen-bond donors (Lipinski definition) is 0. The zero-order valence-electron chi connectivity index (χ0n) is 7.99. The Morgan fingerprint density at radius 1 is 1.00 bits per heavy atom. The van der Waals surface area contributed by atoms with Gasteiger partial charge in [0.05, 0.1) is 11.1 Å². The quantitative estimate of drug-likeness (QED) is 0.518. The lowest BCUT2D eigenvalue weighted by atomic mass is 10.0. The van der Waals surface area contributed by atoms with Crippen LogP contribution < -0.4 is 0 Å². The maximum Gasteiger partial charge on any atom is 0.346 e. The largest absolute Gasteiger partial charge is 0.386 e. The van der Waals surface area contributed by atoms with E-state index >= 15 is 0 Å². The number of carbonyl (C=O) groups excluding carboxylic acids is 2. The van der Waals surface area contributed by atoms with E-state index in [4.69, 9.17) is 11.6 Å². The zero-order chi connectivity index (χ0) is 11.3. The van der Waals surface area contributed by atoms with Crippen molar-refractivity contribution in [3.63, 3.8) is 0 Å². The van der Waals surface area contributed by atoms with E-state index in [-0.39, 0.29) is 5.56 Å². The minimum absolute atomic E-state index is 0.283. The molecule has 0 N–H and O–H groups in total. The van der Waals surface area contributed by atoms with Crippen molar-refractivity contribution in [2.24, 2.45) is 0 Å². The molecule has 1 heterocycles. The molecule has 0 bridgehead atoms. The molecule has 0 unspecified atom stereocenters. The lowest BCUT2D eigenvalue weighted by Crippen LogP contribution is -1.96. The van der Waals surface area contributed by atoms with Gasteiger partial charge >= 0.3 is 11.9 Å². The number of fused-ring (bicyclic) bond motifs is 2. The van der Waals surface area contributed by atoms with E-state index < -0.39 is 11.9 Å². The van der Waals surface area contributed by atoms with E-state index in [2.05, 4.69) is 4.74 Å². The average molecular weight is 233 g/mol. The van der Waals surface area contributed by atoms with Crippen molar-refractivity contribution < 1.29 is 14.3 Å². The van der Waals surface area contributed by atoms with Crippen LogP contribution in [0.5, 0.6) is 0 Å². The molecular weight excluding hydrogens is 228 g/mol. The van der Waals surface area contributed by atoms with Crippen molar-refractivity contribution in [1.29, 1.82) is 0 Å². The van der Waals surface area contributed by atoms with Crippen molar-refractivity contribution in [2.45, 2.75) is 0 Å². The first-order valence-corrected chi connectivity index (χ1v) is 5.03. The molecular formula is C12H5ClO3. The monoisotopic (exact) mass is 232 g/mol. The molecule has 0 aliphatic carbocycles. The number of halogens is 1. The van der Waals surface area contributed by atoms with Crippen molar-refractivity contribution in [1.82, 2.24) is 0 Å². The highest BCUT2D eigenvalue weighted by Crippen LogP contribution is 2.30.